The van der Waals surface area contributed by atoms with E-state index in [9.17, 15) is 8.42 Å². The molecule has 0 saturated carbocycles. The van der Waals surface area contributed by atoms with E-state index < -0.39 is 10.1 Å². The summed E-state index contributed by atoms with van der Waals surface area (Å²) in [5.74, 6) is 1.69. The van der Waals surface area contributed by atoms with Crippen molar-refractivity contribution < 1.29 is 22.1 Å². The molecule has 8 nitrogen and oxygen atoms in total. The van der Waals surface area contributed by atoms with Crippen LogP contribution in [0.1, 0.15) is 24.7 Å². The Kier molecular flexibility index (Phi) is 5.59. The lowest BCUT2D eigenvalue weighted by Gasteiger charge is -2.25. The Bertz CT molecular complexity index is 1250. The summed E-state index contributed by atoms with van der Waals surface area (Å²) in [6.45, 7) is 3.73. The quantitative estimate of drug-likeness (QED) is 0.480. The van der Waals surface area contributed by atoms with Crippen molar-refractivity contribution in [2.24, 2.45) is 0 Å². The van der Waals surface area contributed by atoms with Gasteiger partial charge in [0, 0.05) is 24.8 Å². The summed E-state index contributed by atoms with van der Waals surface area (Å²) >= 11 is 0. The number of hydrogen-bond acceptors (Lipinski definition) is 6. The molecular weight excluding hydrogens is 406 g/mol. The summed E-state index contributed by atoms with van der Waals surface area (Å²) in [5.41, 5.74) is 4.80. The van der Waals surface area contributed by atoms with Gasteiger partial charge in [0.05, 0.1) is 17.3 Å². The van der Waals surface area contributed by atoms with Crippen molar-refractivity contribution in [3.8, 4) is 11.5 Å². The van der Waals surface area contributed by atoms with Gasteiger partial charge in [-0.05, 0) is 50.1 Å². The van der Waals surface area contributed by atoms with Crippen molar-refractivity contribution in [3.63, 3.8) is 0 Å². The summed E-state index contributed by atoms with van der Waals surface area (Å²) in [7, 11) is -3.67. The third-order valence-corrected chi connectivity index (χ3v) is 4.96. The molecule has 158 valence electrons. The Morgan fingerprint density at radius 1 is 1.07 bits per heavy atom. The van der Waals surface area contributed by atoms with Gasteiger partial charge in [-0.1, -0.05) is 12.1 Å². The zero-order chi connectivity index (χ0) is 21.3. The Balaban J connectivity index is 0.000000393. The summed E-state index contributed by atoms with van der Waals surface area (Å²) < 4.78 is 39.6. The fraction of sp³-hybridized carbons (Fsp3) is 0.333. The van der Waals surface area contributed by atoms with Gasteiger partial charge < -0.3 is 13.7 Å². The molecule has 0 aliphatic carbocycles. The first-order chi connectivity index (χ1) is 14.3. The highest BCUT2D eigenvalue weighted by atomic mass is 32.2. The number of ether oxygens (including phenoxy) is 1. The van der Waals surface area contributed by atoms with E-state index in [4.69, 9.17) is 18.7 Å². The second-order valence-corrected chi connectivity index (χ2v) is 8.76. The van der Waals surface area contributed by atoms with E-state index in [1.54, 1.807) is 0 Å². The minimum atomic E-state index is -3.67. The molecule has 0 atom stereocenters. The maximum atomic E-state index is 9.19. The molecule has 1 N–H and O–H groups in total. The molecule has 0 amide bonds. The molecule has 30 heavy (non-hydrogen) atoms. The Morgan fingerprint density at radius 2 is 1.77 bits per heavy atom. The summed E-state index contributed by atoms with van der Waals surface area (Å²) in [6, 6.07) is 14.6. The molecule has 3 heterocycles. The number of aryl methyl sites for hydroxylation is 1. The second kappa shape index (κ2) is 8.17. The van der Waals surface area contributed by atoms with Crippen LogP contribution in [0, 0.1) is 6.92 Å². The average Bonchev–Trinajstić information content (AvgIpc) is 3.27. The normalized spacial score (nSPS) is 15.3. The lowest BCUT2D eigenvalue weighted by molar-refractivity contribution is 0.0701. The molecule has 0 spiro atoms. The minimum absolute atomic E-state index is 0.467. The van der Waals surface area contributed by atoms with Crippen LogP contribution in [0.25, 0.3) is 33.6 Å². The van der Waals surface area contributed by atoms with Crippen molar-refractivity contribution in [1.82, 2.24) is 14.5 Å². The monoisotopic (exact) mass is 429 g/mol. The number of imidazole rings is 1. The minimum Gasteiger partial charge on any atom is -0.436 e. The summed E-state index contributed by atoms with van der Waals surface area (Å²) in [6.07, 6.45) is 2.80. The van der Waals surface area contributed by atoms with Gasteiger partial charge in [-0.25, -0.2) is 9.97 Å². The Morgan fingerprint density at radius 3 is 2.47 bits per heavy atom. The maximum absolute atomic E-state index is 9.19. The Hall–Kier alpha value is -2.75. The zero-order valence-electron chi connectivity index (χ0n) is 16.8. The lowest BCUT2D eigenvalue weighted by atomic mass is 10.1. The van der Waals surface area contributed by atoms with Crippen LogP contribution in [0.3, 0.4) is 0 Å². The third kappa shape index (κ3) is 4.53. The van der Waals surface area contributed by atoms with Crippen molar-refractivity contribution in [3.05, 3.63) is 48.3 Å². The molecule has 0 bridgehead atoms. The average molecular weight is 429 g/mol. The van der Waals surface area contributed by atoms with Crippen molar-refractivity contribution in [2.45, 2.75) is 25.8 Å². The van der Waals surface area contributed by atoms with E-state index in [0.29, 0.717) is 18.2 Å². The zero-order valence-corrected chi connectivity index (χ0v) is 17.6. The third-order valence-electron chi connectivity index (χ3n) is 4.96. The molecule has 2 aromatic heterocycles. The van der Waals surface area contributed by atoms with Crippen LogP contribution in [0.4, 0.5) is 0 Å². The van der Waals surface area contributed by atoms with Crippen LogP contribution in [0.5, 0.6) is 0 Å². The molecule has 4 aromatic rings. The number of oxazole rings is 1. The van der Waals surface area contributed by atoms with Crippen molar-refractivity contribution in [2.75, 3.05) is 19.5 Å². The largest absolute Gasteiger partial charge is 0.436 e. The molecule has 2 aromatic carbocycles. The van der Waals surface area contributed by atoms with Gasteiger partial charge in [0.25, 0.3) is 10.1 Å². The van der Waals surface area contributed by atoms with Crippen molar-refractivity contribution in [1.29, 1.82) is 0 Å². The summed E-state index contributed by atoms with van der Waals surface area (Å²) in [4.78, 5) is 9.37. The SMILES string of the molecule is CS(=O)(=O)O.Cc1nc2cc(-c3nc4ccccc4o3)ccc2n1C1CCOCC1. The highest BCUT2D eigenvalue weighted by molar-refractivity contribution is 7.85. The topological polar surface area (TPSA) is 107 Å². The number of para-hydroxylation sites is 2. The van der Waals surface area contributed by atoms with E-state index in [-0.39, 0.29) is 0 Å². The molecule has 1 aliphatic heterocycles. The fourth-order valence-electron chi connectivity index (χ4n) is 3.75. The molecule has 1 fully saturated rings. The fourth-order valence-corrected chi connectivity index (χ4v) is 3.75. The first-order valence-electron chi connectivity index (χ1n) is 9.64. The second-order valence-electron chi connectivity index (χ2n) is 7.30. The van der Waals surface area contributed by atoms with E-state index in [0.717, 1.165) is 54.1 Å². The molecule has 5 rings (SSSR count). The van der Waals surface area contributed by atoms with Crippen LogP contribution < -0.4 is 0 Å². The van der Waals surface area contributed by atoms with Crippen LogP contribution in [-0.4, -0.2) is 47.0 Å². The van der Waals surface area contributed by atoms with Crippen LogP contribution in [0.15, 0.2) is 46.9 Å². The van der Waals surface area contributed by atoms with Crippen LogP contribution in [-0.2, 0) is 14.9 Å². The number of fused-ring (bicyclic) bond motifs is 2. The predicted molar refractivity (Wildman–Crippen MR) is 114 cm³/mol. The standard InChI is InChI=1S/C20H19N3O2.CH4O3S/c1-13-21-17-12-14(20-22-16-4-2-3-5-19(16)25-20)6-7-18(17)23(13)15-8-10-24-11-9-15;1-5(2,3)4/h2-7,12,15H,8-11H2,1H3;1H3,(H,2,3,4). The van der Waals surface area contributed by atoms with Gasteiger partial charge in [-0.2, -0.15) is 8.42 Å². The number of hydrogen-bond donors (Lipinski definition) is 1. The van der Waals surface area contributed by atoms with Crippen LogP contribution >= 0.6 is 0 Å². The highest BCUT2D eigenvalue weighted by Crippen LogP contribution is 2.31. The maximum Gasteiger partial charge on any atom is 0.261 e. The van der Waals surface area contributed by atoms with E-state index >= 15 is 0 Å². The van der Waals surface area contributed by atoms with Crippen LogP contribution in [0.2, 0.25) is 0 Å². The number of aromatic nitrogens is 3. The van der Waals surface area contributed by atoms with E-state index in [1.807, 2.05) is 24.3 Å². The lowest BCUT2D eigenvalue weighted by Crippen LogP contribution is -2.20. The molecule has 0 unspecified atom stereocenters. The first kappa shape index (κ1) is 20.5. The van der Waals surface area contributed by atoms with Gasteiger partial charge in [0.15, 0.2) is 5.58 Å². The van der Waals surface area contributed by atoms with Gasteiger partial charge >= 0.3 is 0 Å². The van der Waals surface area contributed by atoms with E-state index in [2.05, 4.69) is 34.7 Å². The number of benzene rings is 2. The first-order valence-corrected chi connectivity index (χ1v) is 11.5. The van der Waals surface area contributed by atoms with Gasteiger partial charge in [0.2, 0.25) is 5.89 Å². The Labute approximate surface area is 174 Å². The molecule has 1 aliphatic rings. The van der Waals surface area contributed by atoms with Gasteiger partial charge in [0.1, 0.15) is 11.3 Å². The predicted octanol–water partition coefficient (Wildman–Crippen LogP) is 4.01. The van der Waals surface area contributed by atoms with Crippen molar-refractivity contribution >= 4 is 32.3 Å². The van der Waals surface area contributed by atoms with Gasteiger partial charge in [-0.15, -0.1) is 0 Å². The molecule has 0 radical (unpaired) electrons. The molecule has 1 saturated heterocycles. The summed E-state index contributed by atoms with van der Waals surface area (Å²) in [5, 5.41) is 0. The van der Waals surface area contributed by atoms with Gasteiger partial charge in [-0.3, -0.25) is 4.55 Å². The highest BCUT2D eigenvalue weighted by Gasteiger charge is 2.20. The van der Waals surface area contributed by atoms with E-state index in [1.165, 1.54) is 5.52 Å². The smallest absolute Gasteiger partial charge is 0.261 e. The number of nitrogens with zero attached hydrogens (tertiary/aromatic N) is 3. The molecular formula is C21H23N3O5S. The number of rotatable bonds is 2. The molecule has 9 heteroatoms.